The summed E-state index contributed by atoms with van der Waals surface area (Å²) in [7, 11) is 0. The van der Waals surface area contributed by atoms with Crippen LogP contribution in [0.1, 0.15) is 39.0 Å². The van der Waals surface area contributed by atoms with Crippen LogP contribution in [0.25, 0.3) is 0 Å². The first-order valence-electron chi connectivity index (χ1n) is 6.90. The first kappa shape index (κ1) is 12.3. The van der Waals surface area contributed by atoms with Crippen molar-refractivity contribution in [3.63, 3.8) is 0 Å². The highest BCUT2D eigenvalue weighted by Crippen LogP contribution is 2.29. The second-order valence-electron chi connectivity index (χ2n) is 5.20. The van der Waals surface area contributed by atoms with Gasteiger partial charge in [0.25, 0.3) is 0 Å². The van der Waals surface area contributed by atoms with Gasteiger partial charge in [-0.3, -0.25) is 4.90 Å². The molecule has 0 bridgehead atoms. The molecule has 1 saturated carbocycles. The van der Waals surface area contributed by atoms with E-state index in [1.54, 1.807) is 0 Å². The Balaban J connectivity index is 1.98. The van der Waals surface area contributed by atoms with Crippen molar-refractivity contribution in [1.29, 1.82) is 0 Å². The van der Waals surface area contributed by atoms with Gasteiger partial charge in [-0.1, -0.05) is 19.8 Å². The summed E-state index contributed by atoms with van der Waals surface area (Å²) in [5.74, 6) is 0.672. The number of nitrogens with zero attached hydrogens (tertiary/aromatic N) is 1. The summed E-state index contributed by atoms with van der Waals surface area (Å²) in [6.07, 6.45) is 6.75. The first-order valence-corrected chi connectivity index (χ1v) is 6.90. The van der Waals surface area contributed by atoms with Crippen molar-refractivity contribution in [2.24, 2.45) is 11.7 Å². The number of nitrogens with two attached hydrogens (primary N) is 1. The molecule has 2 unspecified atom stereocenters. The minimum Gasteiger partial charge on any atom is -0.381 e. The van der Waals surface area contributed by atoms with Crippen molar-refractivity contribution < 1.29 is 4.74 Å². The van der Waals surface area contributed by atoms with Gasteiger partial charge in [0.05, 0.1) is 6.61 Å². The molecule has 0 spiro atoms. The maximum Gasteiger partial charge on any atom is 0.0510 e. The van der Waals surface area contributed by atoms with Crippen LogP contribution in [0.2, 0.25) is 0 Å². The number of likely N-dealkylation sites (N-methyl/N-ethyl adjacent to an activating group) is 1. The predicted molar refractivity (Wildman–Crippen MR) is 66.4 cm³/mol. The van der Waals surface area contributed by atoms with Crippen LogP contribution in [0, 0.1) is 5.92 Å². The fraction of sp³-hybridized carbons (Fsp3) is 1.00. The molecule has 1 aliphatic carbocycles. The quantitative estimate of drug-likeness (QED) is 0.774. The van der Waals surface area contributed by atoms with Crippen molar-refractivity contribution in [2.75, 3.05) is 26.3 Å². The van der Waals surface area contributed by atoms with Crippen molar-refractivity contribution in [1.82, 2.24) is 4.90 Å². The zero-order chi connectivity index (χ0) is 11.4. The summed E-state index contributed by atoms with van der Waals surface area (Å²) in [5.41, 5.74) is 6.00. The summed E-state index contributed by atoms with van der Waals surface area (Å²) in [5, 5.41) is 0. The lowest BCUT2D eigenvalue weighted by atomic mass is 9.95. The van der Waals surface area contributed by atoms with E-state index >= 15 is 0 Å². The van der Waals surface area contributed by atoms with Gasteiger partial charge in [0.15, 0.2) is 0 Å². The van der Waals surface area contributed by atoms with Crippen LogP contribution in [0.15, 0.2) is 0 Å². The van der Waals surface area contributed by atoms with Crippen molar-refractivity contribution in [3.8, 4) is 0 Å². The van der Waals surface area contributed by atoms with Gasteiger partial charge < -0.3 is 10.5 Å². The average Bonchev–Trinajstić information content (AvgIpc) is 2.97. The third-order valence-corrected chi connectivity index (χ3v) is 4.34. The fourth-order valence-corrected chi connectivity index (χ4v) is 3.45. The molecular weight excluding hydrogens is 200 g/mol. The topological polar surface area (TPSA) is 38.5 Å². The molecule has 16 heavy (non-hydrogen) atoms. The first-order chi connectivity index (χ1) is 7.86. The molecular formula is C13H26N2O. The molecule has 3 heteroatoms. The normalized spacial score (nSPS) is 29.1. The minimum atomic E-state index is 0.551. The lowest BCUT2D eigenvalue weighted by molar-refractivity contribution is 0.0912. The standard InChI is InChI=1S/C13H26N2O/c1-2-15(12-5-3-4-6-12)13(9-14)11-7-8-16-10-11/h11-13H,2-10,14H2,1H3. The van der Waals surface area contributed by atoms with Gasteiger partial charge >= 0.3 is 0 Å². The summed E-state index contributed by atoms with van der Waals surface area (Å²) in [6.45, 7) is 6.06. The van der Waals surface area contributed by atoms with E-state index in [1.165, 1.54) is 32.1 Å². The van der Waals surface area contributed by atoms with Gasteiger partial charge in [-0.25, -0.2) is 0 Å². The Bertz CT molecular complexity index is 176. The van der Waals surface area contributed by atoms with E-state index in [1.807, 2.05) is 0 Å². The van der Waals surface area contributed by atoms with Crippen LogP contribution >= 0.6 is 0 Å². The molecule has 2 aliphatic rings. The molecule has 94 valence electrons. The molecule has 3 nitrogen and oxygen atoms in total. The van der Waals surface area contributed by atoms with Gasteiger partial charge in [-0.2, -0.15) is 0 Å². The van der Waals surface area contributed by atoms with Crippen LogP contribution in [0.4, 0.5) is 0 Å². The Morgan fingerprint density at radius 2 is 2.06 bits per heavy atom. The highest BCUT2D eigenvalue weighted by atomic mass is 16.5. The Hall–Kier alpha value is -0.120. The van der Waals surface area contributed by atoms with E-state index in [9.17, 15) is 0 Å². The van der Waals surface area contributed by atoms with E-state index in [0.29, 0.717) is 12.0 Å². The number of ether oxygens (including phenoxy) is 1. The van der Waals surface area contributed by atoms with Crippen LogP contribution < -0.4 is 5.73 Å². The molecule has 2 atom stereocenters. The maximum absolute atomic E-state index is 6.00. The van der Waals surface area contributed by atoms with E-state index < -0.39 is 0 Å². The molecule has 2 N–H and O–H groups in total. The lowest BCUT2D eigenvalue weighted by Gasteiger charge is -2.38. The second-order valence-corrected chi connectivity index (χ2v) is 5.20. The lowest BCUT2D eigenvalue weighted by Crippen LogP contribution is -2.50. The number of hydrogen-bond acceptors (Lipinski definition) is 3. The van der Waals surface area contributed by atoms with Crippen molar-refractivity contribution >= 4 is 0 Å². The minimum absolute atomic E-state index is 0.551. The van der Waals surface area contributed by atoms with Crippen LogP contribution in [-0.2, 0) is 4.74 Å². The van der Waals surface area contributed by atoms with Gasteiger partial charge in [0.2, 0.25) is 0 Å². The second kappa shape index (κ2) is 5.99. The molecule has 0 aromatic carbocycles. The van der Waals surface area contributed by atoms with Gasteiger partial charge in [-0.15, -0.1) is 0 Å². The van der Waals surface area contributed by atoms with Crippen LogP contribution in [0.5, 0.6) is 0 Å². The fourth-order valence-electron chi connectivity index (χ4n) is 3.45. The van der Waals surface area contributed by atoms with E-state index in [0.717, 1.165) is 32.3 Å². The molecule has 1 aliphatic heterocycles. The zero-order valence-corrected chi connectivity index (χ0v) is 10.5. The van der Waals surface area contributed by atoms with E-state index in [2.05, 4.69) is 11.8 Å². The number of rotatable bonds is 5. The van der Waals surface area contributed by atoms with E-state index in [4.69, 9.17) is 10.5 Å². The number of hydrogen-bond donors (Lipinski definition) is 1. The molecule has 0 radical (unpaired) electrons. The molecule has 1 heterocycles. The SMILES string of the molecule is CCN(C1CCCC1)C(CN)C1CCOC1. The van der Waals surface area contributed by atoms with Gasteiger partial charge in [-0.05, 0) is 25.8 Å². The third-order valence-electron chi connectivity index (χ3n) is 4.34. The van der Waals surface area contributed by atoms with Crippen LogP contribution in [0.3, 0.4) is 0 Å². The van der Waals surface area contributed by atoms with Crippen molar-refractivity contribution in [3.05, 3.63) is 0 Å². The van der Waals surface area contributed by atoms with Gasteiger partial charge in [0.1, 0.15) is 0 Å². The maximum atomic E-state index is 6.00. The molecule has 0 aromatic rings. The Morgan fingerprint density at radius 3 is 2.56 bits per heavy atom. The summed E-state index contributed by atoms with van der Waals surface area (Å²) in [4.78, 5) is 2.66. The molecule has 2 fully saturated rings. The highest BCUT2D eigenvalue weighted by Gasteiger charge is 2.33. The summed E-state index contributed by atoms with van der Waals surface area (Å²) in [6, 6.07) is 1.34. The highest BCUT2D eigenvalue weighted by molar-refractivity contribution is 4.88. The Labute approximate surface area is 99.3 Å². The van der Waals surface area contributed by atoms with Crippen molar-refractivity contribution in [2.45, 2.75) is 51.1 Å². The average molecular weight is 226 g/mol. The molecule has 0 amide bonds. The Morgan fingerprint density at radius 1 is 1.31 bits per heavy atom. The van der Waals surface area contributed by atoms with E-state index in [-0.39, 0.29) is 0 Å². The smallest absolute Gasteiger partial charge is 0.0510 e. The molecule has 1 saturated heterocycles. The largest absolute Gasteiger partial charge is 0.381 e. The Kier molecular flexibility index (Phi) is 4.62. The summed E-state index contributed by atoms with van der Waals surface area (Å²) < 4.78 is 5.51. The van der Waals surface area contributed by atoms with Crippen LogP contribution in [-0.4, -0.2) is 43.3 Å². The van der Waals surface area contributed by atoms with Gasteiger partial charge in [0, 0.05) is 31.2 Å². The predicted octanol–water partition coefficient (Wildman–Crippen LogP) is 1.61. The molecule has 2 rings (SSSR count). The zero-order valence-electron chi connectivity index (χ0n) is 10.5. The monoisotopic (exact) mass is 226 g/mol. The summed E-state index contributed by atoms with van der Waals surface area (Å²) >= 11 is 0. The molecule has 0 aromatic heterocycles. The third kappa shape index (κ3) is 2.58.